The van der Waals surface area contributed by atoms with Crippen molar-refractivity contribution in [2.24, 2.45) is 5.73 Å². The number of benzene rings is 3. The van der Waals surface area contributed by atoms with Gasteiger partial charge >= 0.3 is 11.9 Å². The maximum Gasteiger partial charge on any atom is 0.314 e. The predicted molar refractivity (Wildman–Crippen MR) is 136 cm³/mol. The predicted octanol–water partition coefficient (Wildman–Crippen LogP) is 4.96. The monoisotopic (exact) mass is 486 g/mol. The Hall–Kier alpha value is -4.56. The lowest BCUT2D eigenvalue weighted by Crippen LogP contribution is -2.17. The third kappa shape index (κ3) is 5.24. The molecule has 0 spiro atoms. The van der Waals surface area contributed by atoms with Crippen molar-refractivity contribution in [3.8, 4) is 16.9 Å². The van der Waals surface area contributed by atoms with E-state index in [1.165, 1.54) is 0 Å². The summed E-state index contributed by atoms with van der Waals surface area (Å²) in [6.07, 6.45) is 1.27. The Morgan fingerprint density at radius 3 is 2.67 bits per heavy atom. The Morgan fingerprint density at radius 2 is 1.92 bits per heavy atom. The van der Waals surface area contributed by atoms with Gasteiger partial charge in [-0.3, -0.25) is 9.59 Å². The Labute approximate surface area is 207 Å². The molecule has 1 aromatic heterocycles. The third-order valence-corrected chi connectivity index (χ3v) is 5.78. The quantitative estimate of drug-likeness (QED) is 0.162. The lowest BCUT2D eigenvalue weighted by Gasteiger charge is -2.23. The van der Waals surface area contributed by atoms with Crippen molar-refractivity contribution in [2.75, 3.05) is 5.73 Å². The second-order valence-electron chi connectivity index (χ2n) is 8.14. The van der Waals surface area contributed by atoms with Gasteiger partial charge in [-0.2, -0.15) is 0 Å². The number of rotatable bonds is 10. The number of carboxylic acids is 1. The Kier molecular flexibility index (Phi) is 7.36. The summed E-state index contributed by atoms with van der Waals surface area (Å²) in [6.45, 7) is 3.81. The van der Waals surface area contributed by atoms with Crippen LogP contribution in [0.4, 0.5) is 5.69 Å². The lowest BCUT2D eigenvalue weighted by atomic mass is 9.94. The standard InChI is InChI=1S/C28H26N2O6/c1-2-34-26(33)15-24(36-23-9-4-3-7-19(23)13-25(31)32)22-14-21(18-8-5-6-17(12-18)16-29)28-20(27(22)30)10-11-35-28/h2-12,14,24H,1,13,15-16,29-30H2,(H,31,32). The van der Waals surface area contributed by atoms with Crippen molar-refractivity contribution < 1.29 is 28.6 Å². The van der Waals surface area contributed by atoms with Gasteiger partial charge in [-0.1, -0.05) is 43.0 Å². The number of fused-ring (bicyclic) bond motifs is 1. The molecule has 3 aromatic carbocycles. The molecule has 1 atom stereocenters. The first kappa shape index (κ1) is 24.6. The summed E-state index contributed by atoms with van der Waals surface area (Å²) in [4.78, 5) is 23.9. The normalized spacial score (nSPS) is 11.7. The zero-order valence-electron chi connectivity index (χ0n) is 19.5. The summed E-state index contributed by atoms with van der Waals surface area (Å²) in [5, 5.41) is 9.98. The highest BCUT2D eigenvalue weighted by molar-refractivity contribution is 6.01. The highest BCUT2D eigenvalue weighted by atomic mass is 16.5. The molecule has 0 amide bonds. The van der Waals surface area contributed by atoms with Crippen LogP contribution in [0.3, 0.4) is 0 Å². The minimum atomic E-state index is -1.00. The molecule has 36 heavy (non-hydrogen) atoms. The van der Waals surface area contributed by atoms with Crippen LogP contribution in [0.15, 0.2) is 84.2 Å². The van der Waals surface area contributed by atoms with Gasteiger partial charge in [0.05, 0.1) is 25.4 Å². The van der Waals surface area contributed by atoms with Crippen molar-refractivity contribution in [1.29, 1.82) is 0 Å². The van der Waals surface area contributed by atoms with Crippen LogP contribution in [0.1, 0.15) is 29.2 Å². The molecule has 8 nitrogen and oxygen atoms in total. The lowest BCUT2D eigenvalue weighted by molar-refractivity contribution is -0.140. The molecule has 0 bridgehead atoms. The first-order chi connectivity index (χ1) is 17.4. The minimum Gasteiger partial charge on any atom is -0.485 e. The van der Waals surface area contributed by atoms with E-state index in [0.717, 1.165) is 23.0 Å². The number of esters is 1. The molecule has 0 aliphatic carbocycles. The highest BCUT2D eigenvalue weighted by Gasteiger charge is 2.26. The maximum atomic E-state index is 12.5. The molecule has 0 radical (unpaired) electrons. The summed E-state index contributed by atoms with van der Waals surface area (Å²) in [7, 11) is 0. The van der Waals surface area contributed by atoms with Crippen LogP contribution in [0.5, 0.6) is 5.75 Å². The average Bonchev–Trinajstić information content (AvgIpc) is 3.36. The van der Waals surface area contributed by atoms with Gasteiger partial charge in [-0.25, -0.2) is 0 Å². The van der Waals surface area contributed by atoms with Crippen LogP contribution in [-0.2, 0) is 27.3 Å². The SMILES string of the molecule is C=COC(=O)CC(Oc1ccccc1CC(=O)O)c1cc(-c2cccc(CN)c2)c2occc2c1N. The van der Waals surface area contributed by atoms with Gasteiger partial charge in [0.25, 0.3) is 0 Å². The number of para-hydroxylation sites is 1. The maximum absolute atomic E-state index is 12.5. The van der Waals surface area contributed by atoms with E-state index in [0.29, 0.717) is 40.1 Å². The zero-order valence-corrected chi connectivity index (χ0v) is 19.5. The number of nitrogens with two attached hydrogens (primary N) is 2. The van der Waals surface area contributed by atoms with Crippen LogP contribution < -0.4 is 16.2 Å². The van der Waals surface area contributed by atoms with Gasteiger partial charge in [0.1, 0.15) is 17.4 Å². The van der Waals surface area contributed by atoms with Gasteiger partial charge in [0.15, 0.2) is 0 Å². The number of carboxylic acid groups (broad SMARTS) is 1. The topological polar surface area (TPSA) is 138 Å². The minimum absolute atomic E-state index is 0.191. The molecule has 0 saturated heterocycles. The summed E-state index contributed by atoms with van der Waals surface area (Å²) in [5.74, 6) is -1.26. The summed E-state index contributed by atoms with van der Waals surface area (Å²) >= 11 is 0. The number of furan rings is 1. The molecule has 1 heterocycles. The first-order valence-corrected chi connectivity index (χ1v) is 11.3. The Bertz CT molecular complexity index is 1420. The van der Waals surface area contributed by atoms with Gasteiger partial charge < -0.3 is 30.5 Å². The van der Waals surface area contributed by atoms with Crippen molar-refractivity contribution in [2.45, 2.75) is 25.5 Å². The van der Waals surface area contributed by atoms with E-state index in [9.17, 15) is 14.7 Å². The fraction of sp³-hybridized carbons (Fsp3) is 0.143. The van der Waals surface area contributed by atoms with Crippen molar-refractivity contribution in [3.05, 3.63) is 96.5 Å². The fourth-order valence-corrected chi connectivity index (χ4v) is 4.12. The van der Waals surface area contributed by atoms with Crippen LogP contribution >= 0.6 is 0 Å². The first-order valence-electron chi connectivity index (χ1n) is 11.3. The van der Waals surface area contributed by atoms with Crippen LogP contribution in [0.2, 0.25) is 0 Å². The zero-order chi connectivity index (χ0) is 25.7. The molecule has 184 valence electrons. The number of aliphatic carboxylic acids is 1. The Balaban J connectivity index is 1.86. The van der Waals surface area contributed by atoms with Gasteiger partial charge in [-0.05, 0) is 35.4 Å². The number of anilines is 1. The number of hydrogen-bond acceptors (Lipinski definition) is 7. The molecule has 4 rings (SSSR count). The molecular weight excluding hydrogens is 460 g/mol. The van der Waals surface area contributed by atoms with Gasteiger partial charge in [-0.15, -0.1) is 0 Å². The molecule has 0 saturated carbocycles. The van der Waals surface area contributed by atoms with E-state index in [4.69, 9.17) is 25.4 Å². The van der Waals surface area contributed by atoms with E-state index in [1.807, 2.05) is 30.3 Å². The second-order valence-corrected chi connectivity index (χ2v) is 8.14. The van der Waals surface area contributed by atoms with Gasteiger partial charge in [0, 0.05) is 34.3 Å². The molecule has 0 aliphatic rings. The van der Waals surface area contributed by atoms with E-state index in [1.54, 1.807) is 36.6 Å². The Morgan fingerprint density at radius 1 is 1.11 bits per heavy atom. The number of carbonyl (C=O) groups excluding carboxylic acids is 1. The van der Waals surface area contributed by atoms with Crippen molar-refractivity contribution >= 4 is 28.6 Å². The highest BCUT2D eigenvalue weighted by Crippen LogP contribution is 2.40. The molecule has 0 fully saturated rings. The smallest absolute Gasteiger partial charge is 0.314 e. The number of nitrogen functional groups attached to an aromatic ring is 1. The molecule has 5 N–H and O–H groups in total. The number of hydrogen-bond donors (Lipinski definition) is 3. The molecule has 8 heteroatoms. The number of carbonyl (C=O) groups is 2. The molecule has 0 aliphatic heterocycles. The largest absolute Gasteiger partial charge is 0.485 e. The van der Waals surface area contributed by atoms with Crippen molar-refractivity contribution in [3.63, 3.8) is 0 Å². The summed E-state index contributed by atoms with van der Waals surface area (Å²) in [5.41, 5.74) is 16.9. The van der Waals surface area contributed by atoms with E-state index < -0.39 is 18.0 Å². The fourth-order valence-electron chi connectivity index (χ4n) is 4.12. The van der Waals surface area contributed by atoms with Gasteiger partial charge in [0.2, 0.25) is 0 Å². The molecule has 1 unspecified atom stereocenters. The summed E-state index contributed by atoms with van der Waals surface area (Å²) in [6, 6.07) is 18.1. The van der Waals surface area contributed by atoms with E-state index in [2.05, 4.69) is 6.58 Å². The third-order valence-electron chi connectivity index (χ3n) is 5.78. The van der Waals surface area contributed by atoms with Crippen LogP contribution in [-0.4, -0.2) is 17.0 Å². The van der Waals surface area contributed by atoms with Crippen LogP contribution in [0.25, 0.3) is 22.1 Å². The average molecular weight is 487 g/mol. The van der Waals surface area contributed by atoms with Crippen molar-refractivity contribution in [1.82, 2.24) is 0 Å². The van der Waals surface area contributed by atoms with Crippen LogP contribution in [0, 0.1) is 0 Å². The molecule has 4 aromatic rings. The second kappa shape index (κ2) is 10.8. The van der Waals surface area contributed by atoms with E-state index in [-0.39, 0.29) is 12.8 Å². The molecular formula is C28H26N2O6. The van der Waals surface area contributed by atoms with E-state index >= 15 is 0 Å². The number of ether oxygens (including phenoxy) is 2. The summed E-state index contributed by atoms with van der Waals surface area (Å²) < 4.78 is 17.0.